The van der Waals surface area contributed by atoms with E-state index in [1.807, 2.05) is 13.8 Å². The molecule has 0 aliphatic heterocycles. The molecule has 0 aromatic carbocycles. The summed E-state index contributed by atoms with van der Waals surface area (Å²) >= 11 is 7.76. The van der Waals surface area contributed by atoms with Crippen molar-refractivity contribution in [3.8, 4) is 6.07 Å². The van der Waals surface area contributed by atoms with Gasteiger partial charge in [0.25, 0.3) is 5.91 Å². The predicted octanol–water partition coefficient (Wildman–Crippen LogP) is 3.48. The van der Waals surface area contributed by atoms with Crippen LogP contribution in [0, 0.1) is 17.2 Å². The molecule has 1 aromatic rings. The minimum atomic E-state index is -0.988. The first-order valence-corrected chi connectivity index (χ1v) is 8.44. The third-order valence-electron chi connectivity index (χ3n) is 2.97. The fraction of sp³-hybridized carbons (Fsp3) is 0.462. The number of nitrogens with one attached hydrogen (secondary N) is 1. The highest BCUT2D eigenvalue weighted by Gasteiger charge is 2.30. The van der Waals surface area contributed by atoms with Crippen molar-refractivity contribution in [3.05, 3.63) is 19.2 Å². The summed E-state index contributed by atoms with van der Waals surface area (Å²) in [5, 5.41) is 11.7. The van der Waals surface area contributed by atoms with E-state index in [0.717, 1.165) is 8.26 Å². The van der Waals surface area contributed by atoms with E-state index in [0.29, 0.717) is 4.88 Å². The lowest BCUT2D eigenvalue weighted by molar-refractivity contribution is -0.125. The quantitative estimate of drug-likeness (QED) is 0.715. The number of amides is 1. The van der Waals surface area contributed by atoms with E-state index >= 15 is 0 Å². The van der Waals surface area contributed by atoms with Crippen LogP contribution in [-0.2, 0) is 9.53 Å². The van der Waals surface area contributed by atoms with Crippen molar-refractivity contribution in [2.45, 2.75) is 26.3 Å². The van der Waals surface area contributed by atoms with Crippen LogP contribution in [0.15, 0.2) is 14.3 Å². The van der Waals surface area contributed by atoms with E-state index in [1.54, 1.807) is 13.0 Å². The van der Waals surface area contributed by atoms with Gasteiger partial charge in [-0.1, -0.05) is 13.8 Å². The summed E-state index contributed by atoms with van der Waals surface area (Å²) in [5.74, 6) is -1.15. The summed E-state index contributed by atoms with van der Waals surface area (Å²) in [6.45, 7) is 4.87. The summed E-state index contributed by atoms with van der Waals surface area (Å²) < 4.78 is 6.46. The lowest BCUT2D eigenvalue weighted by Crippen LogP contribution is -2.50. The molecule has 0 aliphatic rings. The lowest BCUT2D eigenvalue weighted by atomic mass is 9.90. The SMILES string of the molecule is CC(C)C(C)(C#N)NC(=O)COC(=O)c1cc(Br)c(Br)s1. The molecular weight excluding hydrogens is 424 g/mol. The Morgan fingerprint density at radius 2 is 2.14 bits per heavy atom. The zero-order valence-electron chi connectivity index (χ0n) is 11.7. The lowest BCUT2D eigenvalue weighted by Gasteiger charge is -2.27. The molecule has 5 nitrogen and oxygen atoms in total. The predicted molar refractivity (Wildman–Crippen MR) is 87.0 cm³/mol. The minimum Gasteiger partial charge on any atom is -0.451 e. The van der Waals surface area contributed by atoms with Crippen molar-refractivity contribution in [2.75, 3.05) is 6.61 Å². The highest BCUT2D eigenvalue weighted by atomic mass is 79.9. The molecule has 0 aliphatic carbocycles. The van der Waals surface area contributed by atoms with E-state index in [1.165, 1.54) is 11.3 Å². The maximum atomic E-state index is 11.8. The molecule has 0 fully saturated rings. The van der Waals surface area contributed by atoms with Gasteiger partial charge in [-0.3, -0.25) is 4.79 Å². The van der Waals surface area contributed by atoms with E-state index in [2.05, 4.69) is 43.2 Å². The minimum absolute atomic E-state index is 0.0636. The average molecular weight is 438 g/mol. The number of hydrogen-bond donors (Lipinski definition) is 1. The number of rotatable bonds is 5. The third kappa shape index (κ3) is 4.80. The number of ether oxygens (including phenoxy) is 1. The van der Waals surface area contributed by atoms with Gasteiger partial charge in [-0.15, -0.1) is 11.3 Å². The molecule has 1 rings (SSSR count). The van der Waals surface area contributed by atoms with Gasteiger partial charge in [0.2, 0.25) is 0 Å². The van der Waals surface area contributed by atoms with Gasteiger partial charge in [0.1, 0.15) is 10.4 Å². The van der Waals surface area contributed by atoms with Gasteiger partial charge < -0.3 is 10.1 Å². The number of carbonyl (C=O) groups excluding carboxylic acids is 2. The van der Waals surface area contributed by atoms with Crippen molar-refractivity contribution < 1.29 is 14.3 Å². The number of hydrogen-bond acceptors (Lipinski definition) is 5. The first-order chi connectivity index (χ1) is 9.69. The molecule has 1 heterocycles. The Bertz CT molecular complexity index is 575. The maximum absolute atomic E-state index is 11.8. The van der Waals surface area contributed by atoms with E-state index < -0.39 is 24.0 Å². The Morgan fingerprint density at radius 1 is 1.52 bits per heavy atom. The van der Waals surface area contributed by atoms with E-state index in [9.17, 15) is 9.59 Å². The molecule has 1 unspecified atom stereocenters. The van der Waals surface area contributed by atoms with Crippen molar-refractivity contribution in [2.24, 2.45) is 5.92 Å². The number of nitriles is 1. The normalized spacial score (nSPS) is 13.4. The molecule has 1 amide bonds. The van der Waals surface area contributed by atoms with Crippen molar-refractivity contribution in [1.82, 2.24) is 5.32 Å². The summed E-state index contributed by atoms with van der Waals surface area (Å²) in [7, 11) is 0. The summed E-state index contributed by atoms with van der Waals surface area (Å²) in [4.78, 5) is 23.9. The van der Waals surface area contributed by atoms with Crippen LogP contribution in [0.3, 0.4) is 0 Å². The molecule has 0 radical (unpaired) electrons. The Morgan fingerprint density at radius 3 is 2.57 bits per heavy atom. The van der Waals surface area contributed by atoms with Gasteiger partial charge >= 0.3 is 5.97 Å². The molecule has 1 N–H and O–H groups in total. The Hall–Kier alpha value is -0.910. The molecule has 0 bridgehead atoms. The molecule has 21 heavy (non-hydrogen) atoms. The maximum Gasteiger partial charge on any atom is 0.348 e. The molecule has 0 spiro atoms. The Labute approximate surface area is 143 Å². The highest BCUT2D eigenvalue weighted by Crippen LogP contribution is 2.32. The zero-order valence-corrected chi connectivity index (χ0v) is 15.7. The number of thiophene rings is 1. The first-order valence-electron chi connectivity index (χ1n) is 6.04. The number of halogens is 2. The van der Waals surface area contributed by atoms with Crippen molar-refractivity contribution in [1.29, 1.82) is 5.26 Å². The van der Waals surface area contributed by atoms with E-state index in [-0.39, 0.29) is 5.92 Å². The van der Waals surface area contributed by atoms with Crippen LogP contribution in [0.4, 0.5) is 0 Å². The van der Waals surface area contributed by atoms with Crippen LogP contribution in [-0.4, -0.2) is 24.0 Å². The Balaban J connectivity index is 2.58. The Kier molecular flexibility index (Phi) is 6.38. The van der Waals surface area contributed by atoms with Crippen LogP contribution in [0.5, 0.6) is 0 Å². The van der Waals surface area contributed by atoms with Gasteiger partial charge in [0.05, 0.1) is 9.86 Å². The second-order valence-electron chi connectivity index (χ2n) is 4.83. The van der Waals surface area contributed by atoms with Gasteiger partial charge in [0.15, 0.2) is 6.61 Å². The highest BCUT2D eigenvalue weighted by molar-refractivity contribution is 9.13. The number of nitrogens with zero attached hydrogens (tertiary/aromatic N) is 1. The van der Waals surface area contributed by atoms with E-state index in [4.69, 9.17) is 10.00 Å². The number of esters is 1. The molecule has 0 saturated heterocycles. The van der Waals surface area contributed by atoms with Gasteiger partial charge in [0, 0.05) is 4.47 Å². The molecular formula is C13H14Br2N2O3S. The zero-order chi connectivity index (χ0) is 16.2. The second-order valence-corrected chi connectivity index (χ2v) is 8.05. The molecule has 114 valence electrons. The molecule has 1 atom stereocenters. The largest absolute Gasteiger partial charge is 0.451 e. The fourth-order valence-corrected chi connectivity index (χ4v) is 3.21. The summed E-state index contributed by atoms with van der Waals surface area (Å²) in [6, 6.07) is 3.67. The van der Waals surface area contributed by atoms with Crippen LogP contribution < -0.4 is 5.32 Å². The average Bonchev–Trinajstić information content (AvgIpc) is 2.75. The topological polar surface area (TPSA) is 79.2 Å². The van der Waals surface area contributed by atoms with Gasteiger partial charge in [-0.05, 0) is 50.8 Å². The van der Waals surface area contributed by atoms with Crippen LogP contribution in [0.2, 0.25) is 0 Å². The fourth-order valence-electron chi connectivity index (χ4n) is 1.28. The first kappa shape index (κ1) is 18.1. The summed E-state index contributed by atoms with van der Waals surface area (Å²) in [5.41, 5.74) is -0.988. The standard InChI is InChI=1S/C13H14Br2N2O3S/c1-7(2)13(3,6-16)17-10(18)5-20-12(19)9-4-8(14)11(15)21-9/h4,7H,5H2,1-3H3,(H,17,18). The molecule has 8 heteroatoms. The van der Waals surface area contributed by atoms with Gasteiger partial charge in [-0.25, -0.2) is 4.79 Å². The second kappa shape index (κ2) is 7.38. The van der Waals surface area contributed by atoms with Crippen LogP contribution in [0.25, 0.3) is 0 Å². The molecule has 1 aromatic heterocycles. The van der Waals surface area contributed by atoms with Crippen molar-refractivity contribution in [3.63, 3.8) is 0 Å². The third-order valence-corrected chi connectivity index (χ3v) is 6.20. The van der Waals surface area contributed by atoms with Crippen LogP contribution >= 0.6 is 43.2 Å². The number of carbonyl (C=O) groups is 2. The smallest absolute Gasteiger partial charge is 0.348 e. The molecule has 0 saturated carbocycles. The summed E-state index contributed by atoms with van der Waals surface area (Å²) in [6.07, 6.45) is 0. The van der Waals surface area contributed by atoms with Crippen molar-refractivity contribution >= 4 is 55.1 Å². The van der Waals surface area contributed by atoms with Gasteiger partial charge in [-0.2, -0.15) is 5.26 Å². The monoisotopic (exact) mass is 436 g/mol. The van der Waals surface area contributed by atoms with Crippen LogP contribution in [0.1, 0.15) is 30.4 Å².